The van der Waals surface area contributed by atoms with Gasteiger partial charge in [-0.25, -0.2) is 4.98 Å². The fraction of sp³-hybridized carbons (Fsp3) is 0.211. The van der Waals surface area contributed by atoms with Crippen LogP contribution in [0.4, 0.5) is 5.69 Å². The number of hydrogen-bond donors (Lipinski definition) is 1. The second kappa shape index (κ2) is 6.45. The van der Waals surface area contributed by atoms with Crippen LogP contribution in [0.15, 0.2) is 28.8 Å². The molecule has 9 nitrogen and oxygen atoms in total. The monoisotopic (exact) mass is 379 g/mol. The van der Waals surface area contributed by atoms with E-state index in [1.165, 1.54) is 7.11 Å². The highest BCUT2D eigenvalue weighted by Crippen LogP contribution is 2.36. The first kappa shape index (κ1) is 17.7. The third kappa shape index (κ3) is 2.59. The van der Waals surface area contributed by atoms with Gasteiger partial charge in [0.25, 0.3) is 17.7 Å². The maximum Gasteiger partial charge on any atom is 0.278 e. The minimum atomic E-state index is -0.494. The van der Waals surface area contributed by atoms with Crippen LogP contribution in [0.1, 0.15) is 37.8 Å². The molecule has 3 aromatic rings. The van der Waals surface area contributed by atoms with E-state index in [0.29, 0.717) is 22.8 Å². The van der Waals surface area contributed by atoms with Crippen LogP contribution < -0.4 is 10.5 Å². The molecule has 4 rings (SSSR count). The number of amides is 2. The number of carbonyl (C=O) groups is 2. The Morgan fingerprint density at radius 1 is 1.11 bits per heavy atom. The predicted molar refractivity (Wildman–Crippen MR) is 98.6 cm³/mol. The van der Waals surface area contributed by atoms with E-state index < -0.39 is 11.8 Å². The number of ether oxygens (including phenoxy) is 1. The van der Waals surface area contributed by atoms with E-state index in [-0.39, 0.29) is 34.9 Å². The lowest BCUT2D eigenvalue weighted by Crippen LogP contribution is -2.29. The maximum absolute atomic E-state index is 13.1. The number of imide groups is 1. The molecule has 2 N–H and O–H groups in total. The van der Waals surface area contributed by atoms with Crippen molar-refractivity contribution in [2.45, 2.75) is 20.4 Å². The number of hydrogen-bond acceptors (Lipinski definition) is 8. The molecule has 3 heterocycles. The summed E-state index contributed by atoms with van der Waals surface area (Å²) in [6, 6.07) is 7.19. The summed E-state index contributed by atoms with van der Waals surface area (Å²) in [6.07, 6.45) is 0. The van der Waals surface area contributed by atoms with Gasteiger partial charge in [-0.1, -0.05) is 23.4 Å². The molecule has 2 aromatic heterocycles. The fourth-order valence-electron chi connectivity index (χ4n) is 3.27. The van der Waals surface area contributed by atoms with Gasteiger partial charge in [-0.2, -0.15) is 4.98 Å². The number of nitrogens with zero attached hydrogens (tertiary/aromatic N) is 4. The van der Waals surface area contributed by atoms with E-state index >= 15 is 0 Å². The van der Waals surface area contributed by atoms with Crippen LogP contribution in [0, 0.1) is 13.8 Å². The third-order valence-corrected chi connectivity index (χ3v) is 4.58. The molecular formula is C19H17N5O4. The molecule has 0 saturated heterocycles. The molecular weight excluding hydrogens is 362 g/mol. The molecule has 0 spiro atoms. The van der Waals surface area contributed by atoms with Crippen molar-refractivity contribution in [3.63, 3.8) is 0 Å². The van der Waals surface area contributed by atoms with Crippen molar-refractivity contribution in [3.8, 4) is 17.3 Å². The molecule has 0 radical (unpaired) electrons. The van der Waals surface area contributed by atoms with E-state index in [1.807, 2.05) is 12.1 Å². The van der Waals surface area contributed by atoms with Crippen molar-refractivity contribution < 1.29 is 18.8 Å². The molecule has 0 atom stereocenters. The number of benzene rings is 1. The Hall–Kier alpha value is -3.75. The quantitative estimate of drug-likeness (QED) is 0.684. The zero-order chi connectivity index (χ0) is 20.0. The average Bonchev–Trinajstić information content (AvgIpc) is 3.22. The number of aromatic nitrogens is 3. The minimum Gasteiger partial charge on any atom is -0.496 e. The number of pyridine rings is 1. The molecule has 0 fully saturated rings. The number of fused-ring (bicyclic) bond motifs is 1. The molecule has 0 aliphatic carbocycles. The number of rotatable bonds is 4. The summed E-state index contributed by atoms with van der Waals surface area (Å²) in [5, 5.41) is 3.72. The largest absolute Gasteiger partial charge is 0.496 e. The van der Waals surface area contributed by atoms with Gasteiger partial charge in [-0.15, -0.1) is 0 Å². The van der Waals surface area contributed by atoms with E-state index in [1.54, 1.807) is 26.0 Å². The molecule has 1 aromatic carbocycles. The zero-order valence-corrected chi connectivity index (χ0v) is 15.5. The van der Waals surface area contributed by atoms with Crippen LogP contribution >= 0.6 is 0 Å². The summed E-state index contributed by atoms with van der Waals surface area (Å²) in [6.45, 7) is 3.36. The molecule has 0 unspecified atom stereocenters. The van der Waals surface area contributed by atoms with E-state index in [9.17, 15) is 9.59 Å². The summed E-state index contributed by atoms with van der Waals surface area (Å²) in [5.74, 6) is 0.157. The van der Waals surface area contributed by atoms with Gasteiger partial charge in [-0.05, 0) is 19.9 Å². The Kier molecular flexibility index (Phi) is 4.07. The highest BCUT2D eigenvalue weighted by Gasteiger charge is 2.41. The van der Waals surface area contributed by atoms with Crippen molar-refractivity contribution in [2.75, 3.05) is 12.8 Å². The number of carbonyl (C=O) groups excluding carboxylic acids is 2. The van der Waals surface area contributed by atoms with Gasteiger partial charge in [-0.3, -0.25) is 14.5 Å². The van der Waals surface area contributed by atoms with Crippen LogP contribution in [0.5, 0.6) is 5.75 Å². The van der Waals surface area contributed by atoms with Gasteiger partial charge in [0, 0.05) is 5.56 Å². The van der Waals surface area contributed by atoms with Crippen molar-refractivity contribution >= 4 is 17.5 Å². The van der Waals surface area contributed by atoms with E-state index in [0.717, 1.165) is 4.90 Å². The number of nitrogen functional groups attached to an aromatic ring is 1. The lowest BCUT2D eigenvalue weighted by atomic mass is 10.0. The predicted octanol–water partition coefficient (Wildman–Crippen LogP) is 2.14. The minimum absolute atomic E-state index is 0.0464. The average molecular weight is 379 g/mol. The van der Waals surface area contributed by atoms with Gasteiger partial charge in [0.1, 0.15) is 5.75 Å². The second-order valence-electron chi connectivity index (χ2n) is 6.36. The Bertz CT molecular complexity index is 1120. The number of anilines is 1. The summed E-state index contributed by atoms with van der Waals surface area (Å²) < 4.78 is 10.4. The normalized spacial score (nSPS) is 13.2. The number of para-hydroxylation sites is 1. The van der Waals surface area contributed by atoms with Crippen molar-refractivity contribution in [3.05, 3.63) is 52.5 Å². The van der Waals surface area contributed by atoms with E-state index in [4.69, 9.17) is 15.0 Å². The van der Waals surface area contributed by atoms with E-state index in [2.05, 4.69) is 15.1 Å². The molecule has 2 amide bonds. The molecule has 28 heavy (non-hydrogen) atoms. The highest BCUT2D eigenvalue weighted by atomic mass is 16.5. The lowest BCUT2D eigenvalue weighted by molar-refractivity contribution is 0.0641. The van der Waals surface area contributed by atoms with Crippen LogP contribution in [0.3, 0.4) is 0 Å². The summed E-state index contributed by atoms with van der Waals surface area (Å²) >= 11 is 0. The molecule has 1 aliphatic rings. The first-order valence-electron chi connectivity index (χ1n) is 8.51. The highest BCUT2D eigenvalue weighted by molar-refractivity contribution is 6.24. The standard InChI is InChI=1S/C19H17N5O4/c1-9-13-14(15(20)16(21-9)17-22-10(2)23-28-17)19(26)24(18(13)25)8-11-6-4-5-7-12(11)27-3/h4-7H,8,20H2,1-3H3. The number of nitrogens with two attached hydrogens (primary N) is 1. The first-order chi connectivity index (χ1) is 13.4. The molecule has 9 heteroatoms. The Labute approximate surface area is 160 Å². The Morgan fingerprint density at radius 2 is 1.82 bits per heavy atom. The second-order valence-corrected chi connectivity index (χ2v) is 6.36. The molecule has 0 saturated carbocycles. The number of aryl methyl sites for hydroxylation is 2. The van der Waals surface area contributed by atoms with Crippen LogP contribution in [0.2, 0.25) is 0 Å². The fourth-order valence-corrected chi connectivity index (χ4v) is 3.27. The lowest BCUT2D eigenvalue weighted by Gasteiger charge is -2.16. The van der Waals surface area contributed by atoms with Crippen LogP contribution in [-0.2, 0) is 6.54 Å². The van der Waals surface area contributed by atoms with Gasteiger partial charge in [0.2, 0.25) is 0 Å². The van der Waals surface area contributed by atoms with Crippen molar-refractivity contribution in [1.29, 1.82) is 0 Å². The molecule has 0 bridgehead atoms. The van der Waals surface area contributed by atoms with Gasteiger partial charge in [0.05, 0.1) is 36.2 Å². The molecule has 1 aliphatic heterocycles. The zero-order valence-electron chi connectivity index (χ0n) is 15.5. The summed E-state index contributed by atoms with van der Waals surface area (Å²) in [7, 11) is 1.53. The number of methoxy groups -OCH3 is 1. The van der Waals surface area contributed by atoms with Crippen LogP contribution in [-0.4, -0.2) is 38.9 Å². The topological polar surface area (TPSA) is 124 Å². The maximum atomic E-state index is 13.1. The summed E-state index contributed by atoms with van der Waals surface area (Å²) in [5.41, 5.74) is 7.81. The SMILES string of the molecule is COc1ccccc1CN1C(=O)c2c(C)nc(-c3nc(C)no3)c(N)c2C1=O. The summed E-state index contributed by atoms with van der Waals surface area (Å²) in [4.78, 5) is 35.6. The van der Waals surface area contributed by atoms with Gasteiger partial charge < -0.3 is 15.0 Å². The Morgan fingerprint density at radius 3 is 2.50 bits per heavy atom. The van der Waals surface area contributed by atoms with Crippen molar-refractivity contribution in [2.24, 2.45) is 0 Å². The van der Waals surface area contributed by atoms with Crippen LogP contribution in [0.25, 0.3) is 11.6 Å². The van der Waals surface area contributed by atoms with Gasteiger partial charge in [0.15, 0.2) is 11.5 Å². The first-order valence-corrected chi connectivity index (χ1v) is 8.51. The smallest absolute Gasteiger partial charge is 0.278 e. The third-order valence-electron chi connectivity index (χ3n) is 4.58. The Balaban J connectivity index is 1.79. The van der Waals surface area contributed by atoms with Gasteiger partial charge >= 0.3 is 0 Å². The van der Waals surface area contributed by atoms with Crippen molar-refractivity contribution in [1.82, 2.24) is 20.0 Å². The molecule has 142 valence electrons.